The minimum atomic E-state index is -1.21. The van der Waals surface area contributed by atoms with E-state index in [1.54, 1.807) is 36.5 Å². The molecule has 5 heteroatoms. The van der Waals surface area contributed by atoms with Crippen molar-refractivity contribution in [2.75, 3.05) is 5.32 Å². The maximum absolute atomic E-state index is 13.9. The van der Waals surface area contributed by atoms with E-state index in [9.17, 15) is 14.0 Å². The molecular weight excluding hydrogens is 320 g/mol. The van der Waals surface area contributed by atoms with Gasteiger partial charge < -0.3 is 5.32 Å². The van der Waals surface area contributed by atoms with Gasteiger partial charge in [-0.05, 0) is 47.5 Å². The number of nitriles is 1. The summed E-state index contributed by atoms with van der Waals surface area (Å²) in [5.41, 5.74) is 1.27. The van der Waals surface area contributed by atoms with Crippen LogP contribution in [-0.4, -0.2) is 4.98 Å². The molecule has 0 radical (unpaired) electrons. The number of halogens is 2. The van der Waals surface area contributed by atoms with Crippen molar-refractivity contribution in [1.29, 1.82) is 5.26 Å². The second-order valence-corrected chi connectivity index (χ2v) is 5.96. The molecule has 0 saturated carbocycles. The third kappa shape index (κ3) is 2.26. The molecule has 2 atom stereocenters. The maximum Gasteiger partial charge on any atom is 0.150 e. The third-order valence-corrected chi connectivity index (χ3v) is 4.57. The van der Waals surface area contributed by atoms with Gasteiger partial charge in [-0.3, -0.25) is 4.98 Å². The van der Waals surface area contributed by atoms with Gasteiger partial charge in [0, 0.05) is 6.20 Å². The van der Waals surface area contributed by atoms with Crippen LogP contribution in [0.2, 0.25) is 0 Å². The second-order valence-electron chi connectivity index (χ2n) is 5.96. The van der Waals surface area contributed by atoms with E-state index in [0.29, 0.717) is 16.9 Å². The van der Waals surface area contributed by atoms with Crippen LogP contribution in [0.15, 0.2) is 66.9 Å². The first kappa shape index (κ1) is 15.3. The van der Waals surface area contributed by atoms with Crippen LogP contribution >= 0.6 is 0 Å². The number of benzene rings is 2. The number of anilines is 1. The summed E-state index contributed by atoms with van der Waals surface area (Å²) in [6.07, 6.45) is 1.61. The summed E-state index contributed by atoms with van der Waals surface area (Å²) in [7, 11) is 0. The molecule has 122 valence electrons. The van der Waals surface area contributed by atoms with Crippen molar-refractivity contribution in [2.24, 2.45) is 0 Å². The van der Waals surface area contributed by atoms with Gasteiger partial charge >= 0.3 is 0 Å². The van der Waals surface area contributed by atoms with Gasteiger partial charge in [0.15, 0.2) is 5.41 Å². The Morgan fingerprint density at radius 3 is 2.52 bits per heavy atom. The standard InChI is InChI=1S/C20H13F2N3/c21-15-8-6-13(7-9-15)18-20(12-23,14-3-1-4-16(22)11-14)19-17(25-18)5-2-10-24-19/h1-11,18,25H/t18-,20-/m0/s1. The monoisotopic (exact) mass is 333 g/mol. The number of hydrogen-bond donors (Lipinski definition) is 1. The van der Waals surface area contributed by atoms with E-state index in [2.05, 4.69) is 16.4 Å². The van der Waals surface area contributed by atoms with Crippen molar-refractivity contribution in [2.45, 2.75) is 11.5 Å². The molecule has 0 aliphatic carbocycles. The van der Waals surface area contributed by atoms with Gasteiger partial charge in [0.1, 0.15) is 11.6 Å². The first-order valence-corrected chi connectivity index (χ1v) is 7.80. The Kier molecular flexibility index (Phi) is 3.47. The lowest BCUT2D eigenvalue weighted by Gasteiger charge is -2.29. The largest absolute Gasteiger partial charge is 0.374 e. The van der Waals surface area contributed by atoms with E-state index in [1.165, 1.54) is 24.3 Å². The van der Waals surface area contributed by atoms with Gasteiger partial charge in [0.05, 0.1) is 23.5 Å². The van der Waals surface area contributed by atoms with Crippen molar-refractivity contribution >= 4 is 5.69 Å². The van der Waals surface area contributed by atoms with Crippen LogP contribution in [0.1, 0.15) is 22.9 Å². The number of nitrogens with one attached hydrogen (secondary N) is 1. The first-order valence-electron chi connectivity index (χ1n) is 7.80. The summed E-state index contributed by atoms with van der Waals surface area (Å²) in [6.45, 7) is 0. The zero-order valence-electron chi connectivity index (χ0n) is 13.1. The molecule has 0 amide bonds. The summed E-state index contributed by atoms with van der Waals surface area (Å²) in [5.74, 6) is -0.778. The summed E-state index contributed by atoms with van der Waals surface area (Å²) in [6, 6.07) is 17.4. The molecule has 0 saturated heterocycles. The molecule has 0 unspecified atom stereocenters. The Morgan fingerprint density at radius 2 is 1.80 bits per heavy atom. The minimum Gasteiger partial charge on any atom is -0.374 e. The van der Waals surface area contributed by atoms with Crippen molar-refractivity contribution in [3.05, 3.63) is 95.3 Å². The van der Waals surface area contributed by atoms with E-state index in [-0.39, 0.29) is 5.82 Å². The average Bonchev–Trinajstić information content (AvgIpc) is 2.98. The van der Waals surface area contributed by atoms with Crippen LogP contribution in [0.3, 0.4) is 0 Å². The lowest BCUT2D eigenvalue weighted by Crippen LogP contribution is -2.33. The van der Waals surface area contributed by atoms with Gasteiger partial charge in [0.25, 0.3) is 0 Å². The number of hydrogen-bond acceptors (Lipinski definition) is 3. The normalized spacial score (nSPS) is 21.2. The Balaban J connectivity index is 1.98. The van der Waals surface area contributed by atoms with Crippen molar-refractivity contribution < 1.29 is 8.78 Å². The molecule has 2 aromatic carbocycles. The molecule has 1 aliphatic rings. The van der Waals surface area contributed by atoms with Crippen LogP contribution in [0.4, 0.5) is 14.5 Å². The van der Waals surface area contributed by atoms with Gasteiger partial charge in [-0.2, -0.15) is 5.26 Å². The van der Waals surface area contributed by atoms with E-state index < -0.39 is 17.3 Å². The molecule has 2 heterocycles. The van der Waals surface area contributed by atoms with E-state index in [4.69, 9.17) is 0 Å². The quantitative estimate of drug-likeness (QED) is 0.759. The highest BCUT2D eigenvalue weighted by molar-refractivity contribution is 5.68. The van der Waals surface area contributed by atoms with Crippen molar-refractivity contribution in [3.63, 3.8) is 0 Å². The Hall–Kier alpha value is -3.26. The van der Waals surface area contributed by atoms with Crippen molar-refractivity contribution in [3.8, 4) is 6.07 Å². The zero-order valence-corrected chi connectivity index (χ0v) is 13.1. The van der Waals surface area contributed by atoms with Crippen LogP contribution in [0.25, 0.3) is 0 Å². The highest BCUT2D eigenvalue weighted by atomic mass is 19.1. The lowest BCUT2D eigenvalue weighted by atomic mass is 9.72. The van der Waals surface area contributed by atoms with Crippen LogP contribution in [-0.2, 0) is 5.41 Å². The van der Waals surface area contributed by atoms with Gasteiger partial charge in [-0.15, -0.1) is 0 Å². The molecule has 0 spiro atoms. The number of nitrogens with zero attached hydrogens (tertiary/aromatic N) is 2. The summed E-state index contributed by atoms with van der Waals surface area (Å²) < 4.78 is 27.2. The van der Waals surface area contributed by atoms with Crippen LogP contribution < -0.4 is 5.32 Å². The molecule has 0 bridgehead atoms. The zero-order chi connectivity index (χ0) is 17.4. The van der Waals surface area contributed by atoms with E-state index in [0.717, 1.165) is 5.56 Å². The fourth-order valence-electron chi connectivity index (χ4n) is 3.44. The number of aromatic nitrogens is 1. The van der Waals surface area contributed by atoms with E-state index >= 15 is 0 Å². The number of pyridine rings is 1. The molecule has 4 rings (SSSR count). The third-order valence-electron chi connectivity index (χ3n) is 4.57. The molecule has 1 aliphatic heterocycles. The maximum atomic E-state index is 13.9. The van der Waals surface area contributed by atoms with Gasteiger partial charge in [-0.25, -0.2) is 8.78 Å². The lowest BCUT2D eigenvalue weighted by molar-refractivity contribution is 0.560. The smallest absolute Gasteiger partial charge is 0.150 e. The second kappa shape index (κ2) is 5.67. The molecule has 3 aromatic rings. The fraction of sp³-hybridized carbons (Fsp3) is 0.100. The average molecular weight is 333 g/mol. The molecule has 0 fully saturated rings. The molecule has 1 aromatic heterocycles. The number of fused-ring (bicyclic) bond motifs is 1. The molecular formula is C20H13F2N3. The highest BCUT2D eigenvalue weighted by Crippen LogP contribution is 2.51. The summed E-state index contributed by atoms with van der Waals surface area (Å²) in [4.78, 5) is 4.40. The van der Waals surface area contributed by atoms with Gasteiger partial charge in [0.2, 0.25) is 0 Å². The number of rotatable bonds is 2. The molecule has 25 heavy (non-hydrogen) atoms. The van der Waals surface area contributed by atoms with Crippen LogP contribution in [0.5, 0.6) is 0 Å². The SMILES string of the molecule is N#C[C@@]1(c2cccc(F)c2)c2ncccc2N[C@H]1c1ccc(F)cc1. The minimum absolute atomic E-state index is 0.356. The molecule has 1 N–H and O–H groups in total. The van der Waals surface area contributed by atoms with Crippen molar-refractivity contribution in [1.82, 2.24) is 4.98 Å². The van der Waals surface area contributed by atoms with E-state index in [1.807, 2.05) is 6.07 Å². The topological polar surface area (TPSA) is 48.7 Å². The fourth-order valence-corrected chi connectivity index (χ4v) is 3.44. The highest BCUT2D eigenvalue weighted by Gasteiger charge is 2.51. The Bertz CT molecular complexity index is 979. The first-order chi connectivity index (χ1) is 12.1. The Morgan fingerprint density at radius 1 is 1.00 bits per heavy atom. The summed E-state index contributed by atoms with van der Waals surface area (Å²) in [5, 5.41) is 13.5. The molecule has 3 nitrogen and oxygen atoms in total. The Labute approximate surface area is 143 Å². The predicted molar refractivity (Wildman–Crippen MR) is 89.8 cm³/mol. The summed E-state index contributed by atoms with van der Waals surface area (Å²) >= 11 is 0. The van der Waals surface area contributed by atoms with Gasteiger partial charge in [-0.1, -0.05) is 24.3 Å². The predicted octanol–water partition coefficient (Wildman–Crippen LogP) is 4.34. The van der Waals surface area contributed by atoms with Crippen LogP contribution in [0, 0.1) is 23.0 Å².